The Kier molecular flexibility index (Phi) is 16.2. The predicted octanol–water partition coefficient (Wildman–Crippen LogP) is 20.3. The van der Waals surface area contributed by atoms with E-state index in [1.807, 2.05) is 86.9 Å². The van der Waals surface area contributed by atoms with Crippen molar-refractivity contribution in [1.29, 1.82) is 10.5 Å². The molecule has 0 fully saturated rings. The smallest absolute Gasteiger partial charge is 0.0992 e. The summed E-state index contributed by atoms with van der Waals surface area (Å²) in [5, 5.41) is 18.3. The Labute approximate surface area is 481 Å². The predicted molar refractivity (Wildman–Crippen MR) is 342 cm³/mol. The van der Waals surface area contributed by atoms with Gasteiger partial charge in [0.1, 0.15) is 0 Å². The fraction of sp³-hybridized carbons (Fsp3) is 0.0263. The number of benzene rings is 12. The molecule has 0 heterocycles. The number of hydrogen-bond acceptors (Lipinski definition) is 6. The third kappa shape index (κ3) is 12.2. The van der Waals surface area contributed by atoms with Crippen LogP contribution in [0.25, 0.3) is 44.5 Å². The van der Waals surface area contributed by atoms with Gasteiger partial charge < -0.3 is 19.6 Å². The molecule has 0 atom stereocenters. The molecule has 12 aromatic carbocycles. The van der Waals surface area contributed by atoms with Gasteiger partial charge in [-0.25, -0.2) is 0 Å². The molecule has 0 N–H and O–H groups in total. The summed E-state index contributed by atoms with van der Waals surface area (Å²) in [5.74, 6) is 0. The highest BCUT2D eigenvalue weighted by Gasteiger charge is 2.16. The lowest BCUT2D eigenvalue weighted by Crippen LogP contribution is -2.10. The van der Waals surface area contributed by atoms with Crippen LogP contribution in [0.1, 0.15) is 11.1 Å². The van der Waals surface area contributed by atoms with Gasteiger partial charge in [-0.15, -0.1) is 0 Å². The van der Waals surface area contributed by atoms with E-state index in [1.165, 1.54) is 22.3 Å². The Bertz CT molecular complexity index is 4100. The van der Waals surface area contributed by atoms with E-state index in [4.69, 9.17) is 5.26 Å². The first kappa shape index (κ1) is 52.9. The average Bonchev–Trinajstić information content (AvgIpc) is 3.73. The minimum Gasteiger partial charge on any atom is -0.345 e. The van der Waals surface area contributed by atoms with Crippen molar-refractivity contribution in [3.8, 4) is 56.6 Å². The van der Waals surface area contributed by atoms with Gasteiger partial charge in [-0.1, -0.05) is 176 Å². The van der Waals surface area contributed by atoms with Gasteiger partial charge in [0.15, 0.2) is 0 Å². The maximum atomic E-state index is 9.25. The van der Waals surface area contributed by atoms with Gasteiger partial charge in [0.05, 0.1) is 23.3 Å². The Hall–Kier alpha value is -11.2. The van der Waals surface area contributed by atoms with Crippen molar-refractivity contribution in [2.45, 2.75) is 0 Å². The highest BCUT2D eigenvalue weighted by atomic mass is 15.1. The Morgan fingerprint density at radius 1 is 0.207 bits per heavy atom. The van der Waals surface area contributed by atoms with Crippen molar-refractivity contribution >= 4 is 56.9 Å². The first-order valence-corrected chi connectivity index (χ1v) is 27.3. The van der Waals surface area contributed by atoms with Crippen LogP contribution >= 0.6 is 0 Å². The third-order valence-electron chi connectivity index (χ3n) is 14.6. The minimum atomic E-state index is 0.655. The van der Waals surface area contributed by atoms with Crippen molar-refractivity contribution in [2.75, 3.05) is 33.7 Å². The van der Waals surface area contributed by atoms with Crippen molar-refractivity contribution in [1.82, 2.24) is 0 Å². The van der Waals surface area contributed by atoms with Crippen molar-refractivity contribution in [2.24, 2.45) is 0 Å². The molecular formula is C76H58N6. The van der Waals surface area contributed by atoms with E-state index < -0.39 is 0 Å². The molecule has 0 aliphatic carbocycles. The number of rotatable bonds is 14. The zero-order valence-electron chi connectivity index (χ0n) is 45.7. The van der Waals surface area contributed by atoms with Crippen molar-refractivity contribution in [3.63, 3.8) is 0 Å². The van der Waals surface area contributed by atoms with E-state index in [1.54, 1.807) is 0 Å². The Balaban J connectivity index is 0.000000172. The van der Waals surface area contributed by atoms with Crippen molar-refractivity contribution < 1.29 is 0 Å². The maximum absolute atomic E-state index is 9.25. The van der Waals surface area contributed by atoms with E-state index in [2.05, 4.69) is 274 Å². The van der Waals surface area contributed by atoms with Gasteiger partial charge in [-0.3, -0.25) is 0 Å². The summed E-state index contributed by atoms with van der Waals surface area (Å²) in [6, 6.07) is 114. The molecule has 82 heavy (non-hydrogen) atoms. The Morgan fingerprint density at radius 3 is 0.854 bits per heavy atom. The van der Waals surface area contributed by atoms with E-state index in [0.717, 1.165) is 79.1 Å². The largest absolute Gasteiger partial charge is 0.345 e. The lowest BCUT2D eigenvalue weighted by atomic mass is 10.0. The second-order valence-electron chi connectivity index (χ2n) is 19.8. The molecular weight excluding hydrogens is 997 g/mol. The zero-order valence-corrected chi connectivity index (χ0v) is 45.7. The topological polar surface area (TPSA) is 60.5 Å². The van der Waals surface area contributed by atoms with Crippen LogP contribution in [0.5, 0.6) is 0 Å². The van der Waals surface area contributed by atoms with Gasteiger partial charge in [0.2, 0.25) is 0 Å². The fourth-order valence-corrected chi connectivity index (χ4v) is 10.2. The molecule has 0 saturated carbocycles. The number of nitriles is 2. The molecule has 0 unspecified atom stereocenters. The van der Waals surface area contributed by atoms with E-state index in [-0.39, 0.29) is 0 Å². The molecule has 0 bridgehead atoms. The maximum Gasteiger partial charge on any atom is 0.0992 e. The lowest BCUT2D eigenvalue weighted by Gasteiger charge is -2.26. The van der Waals surface area contributed by atoms with Crippen LogP contribution in [-0.4, -0.2) is 14.1 Å². The zero-order chi connectivity index (χ0) is 56.0. The van der Waals surface area contributed by atoms with Gasteiger partial charge in [0.25, 0.3) is 0 Å². The quantitative estimate of drug-likeness (QED) is 0.108. The van der Waals surface area contributed by atoms with Crippen LogP contribution in [0.2, 0.25) is 0 Å². The van der Waals surface area contributed by atoms with Crippen molar-refractivity contribution in [3.05, 3.63) is 327 Å². The summed E-state index contributed by atoms with van der Waals surface area (Å²) >= 11 is 0. The van der Waals surface area contributed by atoms with Crippen LogP contribution in [0.15, 0.2) is 315 Å². The van der Waals surface area contributed by atoms with E-state index in [9.17, 15) is 5.26 Å². The third-order valence-corrected chi connectivity index (χ3v) is 14.6. The van der Waals surface area contributed by atoms with Crippen LogP contribution in [0.3, 0.4) is 0 Å². The van der Waals surface area contributed by atoms with Gasteiger partial charge in [-0.2, -0.15) is 10.5 Å². The summed E-state index contributed by atoms with van der Waals surface area (Å²) in [6.45, 7) is 0. The number of hydrogen-bond donors (Lipinski definition) is 0. The first-order valence-electron chi connectivity index (χ1n) is 27.3. The summed E-state index contributed by atoms with van der Waals surface area (Å²) in [4.78, 5) is 8.81. The molecule has 392 valence electrons. The summed E-state index contributed by atoms with van der Waals surface area (Å²) in [7, 11) is 4.06. The molecule has 12 aromatic rings. The molecule has 12 rings (SSSR count). The van der Waals surface area contributed by atoms with Crippen LogP contribution < -0.4 is 19.6 Å². The normalized spacial score (nSPS) is 10.5. The molecule has 0 spiro atoms. The summed E-state index contributed by atoms with van der Waals surface area (Å²) in [6.07, 6.45) is 0. The highest BCUT2D eigenvalue weighted by Crippen LogP contribution is 2.40. The van der Waals surface area contributed by atoms with E-state index >= 15 is 0 Å². The van der Waals surface area contributed by atoms with Gasteiger partial charge >= 0.3 is 0 Å². The molecule has 0 aliphatic heterocycles. The van der Waals surface area contributed by atoms with Gasteiger partial charge in [-0.05, 0) is 184 Å². The molecule has 0 radical (unpaired) electrons. The second kappa shape index (κ2) is 25.1. The molecule has 0 saturated heterocycles. The number of nitrogens with zero attached hydrogens (tertiary/aromatic N) is 6. The SMILES string of the molecule is CN(c1ccc(-c2ccc(N(c3ccccc3)c3cccc(-c4ccccc4)c3)cc2)cc1)c1cccc(C#N)c1.CN(c1ccc(C#N)cc1)c1ccc(-c2ccc(N(c3ccccc3)c3cccc(-c4ccccc4)c3)cc2)cc1. The molecule has 6 heteroatoms. The van der Waals surface area contributed by atoms with Gasteiger partial charge in [0, 0.05) is 71.0 Å². The minimum absolute atomic E-state index is 0.655. The summed E-state index contributed by atoms with van der Waals surface area (Å²) in [5.41, 5.74) is 21.5. The molecule has 0 aliphatic rings. The van der Waals surface area contributed by atoms with Crippen LogP contribution in [-0.2, 0) is 0 Å². The van der Waals surface area contributed by atoms with Crippen LogP contribution in [0, 0.1) is 22.7 Å². The fourth-order valence-electron chi connectivity index (χ4n) is 10.2. The monoisotopic (exact) mass is 1050 g/mol. The standard InChI is InChI=1S/2C38H29N3/c1-40(37-16-8-10-29(26-37)28-39)34-22-18-31(19-23-34)32-20-24-36(25-21-32)41(35-14-6-3-7-15-35)38-17-9-13-33(27-38)30-11-4-2-5-12-30;1-40(34-21-15-29(28-39)16-22-34)35-23-17-31(18-24-35)32-19-25-37(26-20-32)41(36-12-6-3-7-13-36)38-14-8-11-33(27-38)30-9-4-2-5-10-30/h2*2-27H,1H3. The molecule has 0 amide bonds. The lowest BCUT2D eigenvalue weighted by molar-refractivity contribution is 1.21. The highest BCUT2D eigenvalue weighted by molar-refractivity contribution is 5.83. The number of para-hydroxylation sites is 2. The molecule has 6 nitrogen and oxygen atoms in total. The second-order valence-corrected chi connectivity index (χ2v) is 19.8. The first-order chi connectivity index (χ1) is 40.4. The Morgan fingerprint density at radius 2 is 0.476 bits per heavy atom. The average molecular weight is 1060 g/mol. The van der Waals surface area contributed by atoms with E-state index in [0.29, 0.717) is 11.1 Å². The summed E-state index contributed by atoms with van der Waals surface area (Å²) < 4.78 is 0. The number of anilines is 10. The van der Waals surface area contributed by atoms with Crippen LogP contribution in [0.4, 0.5) is 56.9 Å². The molecule has 0 aromatic heterocycles.